The maximum atomic E-state index is 13.1. The number of aliphatic imine (C=N–C) groups is 2. The van der Waals surface area contributed by atoms with Crippen LogP contribution in [0, 0.1) is 0 Å². The molecular formula is C60H41N18Na5O21S5+2. The van der Waals surface area contributed by atoms with Crippen LogP contribution in [-0.2, 0) is 50.6 Å². The number of aromatic carboxylic acids is 2. The Labute approximate surface area is 724 Å². The van der Waals surface area contributed by atoms with Gasteiger partial charge in [-0.25, -0.2) is 45.7 Å². The number of hydrogen-bond donors (Lipinski definition) is 8. The van der Waals surface area contributed by atoms with Crippen molar-refractivity contribution in [3.8, 4) is 11.9 Å². The van der Waals surface area contributed by atoms with Gasteiger partial charge in [0.1, 0.15) is 46.3 Å². The third-order valence-corrected chi connectivity index (χ3v) is 18.5. The van der Waals surface area contributed by atoms with Gasteiger partial charge in [0.15, 0.2) is 0 Å². The van der Waals surface area contributed by atoms with Crippen molar-refractivity contribution in [3.63, 3.8) is 0 Å². The first-order chi connectivity index (χ1) is 48.9. The Morgan fingerprint density at radius 1 is 0.404 bits per heavy atom. The molecule has 7 aromatic carbocycles. The van der Waals surface area contributed by atoms with Gasteiger partial charge in [-0.1, -0.05) is 24.3 Å². The molecule has 0 saturated heterocycles. The molecule has 0 bridgehead atoms. The summed E-state index contributed by atoms with van der Waals surface area (Å²) in [5.74, 6) is -5.01. The summed E-state index contributed by atoms with van der Waals surface area (Å²) in [6, 6.07) is 25.6. The predicted octanol–water partition coefficient (Wildman–Crippen LogP) is -12.1. The number of rotatable bonds is 19. The molecule has 0 radical (unpaired) electrons. The number of azo groups is 2. The quantitative estimate of drug-likeness (QED) is 0.00930. The fourth-order valence-corrected chi connectivity index (χ4v) is 13.2. The summed E-state index contributed by atoms with van der Waals surface area (Å²) >= 11 is 0. The number of nitrogens with one attached hydrogen (secondary N) is 4. The number of H-pyrrole nitrogens is 4. The van der Waals surface area contributed by atoms with Gasteiger partial charge in [-0.05, 0) is 151 Å². The number of carbonyl (C=O) groups excluding carboxylic acids is 1. The normalized spacial score (nSPS) is 13.0. The molecule has 0 aliphatic carbocycles. The van der Waals surface area contributed by atoms with E-state index in [0.29, 0.717) is 0 Å². The van der Waals surface area contributed by atoms with Crippen molar-refractivity contribution >= 4 is 153 Å². The Morgan fingerprint density at radius 2 is 0.798 bits per heavy atom. The Balaban J connectivity index is 0.00000371. The Kier molecular flexibility index (Phi) is 30.2. The van der Waals surface area contributed by atoms with E-state index in [1.807, 2.05) is 0 Å². The van der Waals surface area contributed by atoms with Crippen LogP contribution in [-0.4, -0.2) is 124 Å². The van der Waals surface area contributed by atoms with Gasteiger partial charge in [0.05, 0.1) is 91.6 Å². The third-order valence-electron chi connectivity index (χ3n) is 14.0. The molecule has 0 aliphatic rings. The van der Waals surface area contributed by atoms with E-state index >= 15 is 0 Å². The van der Waals surface area contributed by atoms with Gasteiger partial charge in [0, 0.05) is 27.1 Å². The molecule has 0 atom stereocenters. The van der Waals surface area contributed by atoms with Crippen LogP contribution in [0.4, 0.5) is 56.9 Å². The molecular weight excluding hydrogens is 1580 g/mol. The summed E-state index contributed by atoms with van der Waals surface area (Å²) in [5.41, 5.74) is -4.56. The average molecular weight is 1630 g/mol. The van der Waals surface area contributed by atoms with Crippen LogP contribution in [0.5, 0.6) is 0 Å². The van der Waals surface area contributed by atoms with Crippen molar-refractivity contribution in [3.05, 3.63) is 198 Å². The number of aromatic nitrogens is 8. The summed E-state index contributed by atoms with van der Waals surface area (Å²) in [7, 11) is -25.8. The summed E-state index contributed by atoms with van der Waals surface area (Å²) in [5, 5.41) is 61.5. The van der Waals surface area contributed by atoms with Gasteiger partial charge < -0.3 is 34.3 Å². The molecule has 530 valence electrons. The molecule has 0 spiro atoms. The van der Waals surface area contributed by atoms with Crippen molar-refractivity contribution < 1.29 is 252 Å². The molecule has 39 nitrogen and oxygen atoms in total. The largest absolute Gasteiger partial charge is 1.00 e. The second-order valence-electron chi connectivity index (χ2n) is 21.3. The molecule has 0 amide bonds. The standard InChI is InChI=1S/C60H44N18O21S5.5Na/c1-30(79)61-45-23-34(13-16-43(45)75-73-37-21-41-39(51(26-37)103(94,95)96)9-3-11-48(41)100(85,86)87)63-55-67-56(70-59(69-55)77-19-5-7-32(28-77)53(81)82)65-36-15-18-50(102(91,92)93)47(25-36)66-58-68-57(71-60(72-58)78-20-6-8-33(29-78)54(83)84)64-35-14-17-44(46(24-35)62-31(2)80)76-74-38-22-42-40(52(27-38)104(97,98)99)10-4-12-49(42)101(88,89)90;;;;;/h3-29H,1-2H3,(H11-2,61,62,63,64,65,66,67,68,69,70,71,72,73,74,79,80,81,82,83,84,85,86,87,88,89,90,91,92,93,94,95,96,97,98,99);;;;;/q;5*+1/p-3. The van der Waals surface area contributed by atoms with E-state index in [2.05, 4.69) is 80.3 Å². The fraction of sp³-hybridized carbons (Fsp3) is 0.0333. The maximum Gasteiger partial charge on any atom is 1.00 e. The fourth-order valence-electron chi connectivity index (χ4n) is 9.77. The van der Waals surface area contributed by atoms with Crippen molar-refractivity contribution in [2.24, 2.45) is 50.4 Å². The maximum absolute atomic E-state index is 13.1. The molecule has 0 saturated carbocycles. The van der Waals surface area contributed by atoms with Crippen LogP contribution in [0.3, 0.4) is 0 Å². The Hall–Kier alpha value is -7.79. The van der Waals surface area contributed by atoms with Crippen LogP contribution in [0.15, 0.2) is 239 Å². The van der Waals surface area contributed by atoms with Gasteiger partial charge >= 0.3 is 177 Å². The third kappa shape index (κ3) is 22.5. The number of fused-ring (bicyclic) bond motifs is 2. The second-order valence-corrected chi connectivity index (χ2v) is 28.2. The molecule has 0 unspecified atom stereocenters. The van der Waals surface area contributed by atoms with Crippen molar-refractivity contribution in [1.29, 1.82) is 0 Å². The van der Waals surface area contributed by atoms with E-state index < -0.39 is 138 Å². The number of benzene rings is 7. The molecule has 4 aromatic heterocycles. The molecule has 109 heavy (non-hydrogen) atoms. The predicted molar refractivity (Wildman–Crippen MR) is 348 cm³/mol. The zero-order chi connectivity index (χ0) is 75.0. The summed E-state index contributed by atoms with van der Waals surface area (Å²) < 4.78 is 182. The van der Waals surface area contributed by atoms with Crippen LogP contribution >= 0.6 is 0 Å². The minimum atomic E-state index is -5.32. The van der Waals surface area contributed by atoms with Crippen LogP contribution < -0.4 is 195 Å². The topological polar surface area (TPSA) is 621 Å². The number of pyridine rings is 2. The van der Waals surface area contributed by atoms with Gasteiger partial charge in [0.2, 0.25) is 0 Å². The minimum absolute atomic E-state index is 0. The van der Waals surface area contributed by atoms with Gasteiger partial charge in [-0.2, -0.15) is 50.5 Å². The molecule has 49 heteroatoms. The van der Waals surface area contributed by atoms with Crippen LogP contribution in [0.2, 0.25) is 0 Å². The van der Waals surface area contributed by atoms with E-state index in [9.17, 15) is 94.9 Å². The first-order valence-electron chi connectivity index (χ1n) is 28.7. The van der Waals surface area contributed by atoms with E-state index in [4.69, 9.17) is 0 Å². The van der Waals surface area contributed by atoms with E-state index in [1.54, 1.807) is 0 Å². The zero-order valence-corrected chi connectivity index (χ0v) is 71.2. The van der Waals surface area contributed by atoms with E-state index in [-0.39, 0.29) is 233 Å². The second kappa shape index (κ2) is 36.6. The Morgan fingerprint density at radius 3 is 1.20 bits per heavy atom. The monoisotopic (exact) mass is 1620 g/mol. The number of aromatic amines is 4. The van der Waals surface area contributed by atoms with Gasteiger partial charge in [0.25, 0.3) is 41.6 Å². The molecule has 0 aliphatic heterocycles. The van der Waals surface area contributed by atoms with Gasteiger partial charge in [-0.15, -0.1) is 10.2 Å². The zero-order valence-electron chi connectivity index (χ0n) is 57.1. The van der Waals surface area contributed by atoms with Crippen LogP contribution in [0.25, 0.3) is 33.4 Å². The molecule has 4 heterocycles. The number of carboxylic acids is 2. The smallest absolute Gasteiger partial charge is 0.862 e. The van der Waals surface area contributed by atoms with E-state index in [0.717, 1.165) is 105 Å². The van der Waals surface area contributed by atoms with Crippen molar-refractivity contribution in [1.82, 2.24) is 29.9 Å². The Bertz CT molecular complexity index is 6580. The average Bonchev–Trinajstić information content (AvgIpc) is 0.767. The number of hydrogen-bond acceptors (Lipinski definition) is 29. The van der Waals surface area contributed by atoms with Crippen LogP contribution in [0.1, 0.15) is 34.6 Å². The summed E-state index contributed by atoms with van der Waals surface area (Å²) in [6.07, 6.45) is 4.93. The van der Waals surface area contributed by atoms with Crippen molar-refractivity contribution in [2.45, 2.75) is 38.3 Å². The number of carboxylic acid groups (broad SMARTS) is 2. The molecule has 11 aromatic rings. The summed E-state index contributed by atoms with van der Waals surface area (Å²) in [6.45, 7) is 2.14. The molecule has 0 fully saturated rings. The van der Waals surface area contributed by atoms with Crippen molar-refractivity contribution in [2.75, 3.05) is 0 Å². The summed E-state index contributed by atoms with van der Waals surface area (Å²) in [4.78, 5) is 66.0. The van der Waals surface area contributed by atoms with Gasteiger partial charge in [-0.3, -0.25) is 33.6 Å². The minimum Gasteiger partial charge on any atom is -0.862 e. The number of nitrogens with zero attached hydrogens (tertiary/aromatic N) is 14. The molecule has 8 N–H and O–H groups in total. The molecule has 11 rings (SSSR count). The number of carbonyl (C=O) groups is 2. The first-order valence-corrected chi connectivity index (χ1v) is 35.8. The SMILES string of the molecule is CC([O-])=Nc1cc(N=c2nc(-[n+]3cccc(C(=O)[O-])c3)[nH]c(=Nc3ccc(S(=O)(=O)O)c(N=c4[nH]c(-[n+]5cccc(C(=O)O)c5)nc(=Nc5ccc(N=Nc6cc(S(=O)(=O)[O-])c7cccc(S(=O)(=O)O)c7c6)c(N=C(C)[O-])c5)[nH]4)c3)[nH]2)ccc1N=Nc1cc(S(=O)(=O)[O-])c2cccc(S(=O)(=O)O)c2c1.[Na+].[Na+].[Na+].[Na+].[Na+]. The van der Waals surface area contributed by atoms with E-state index in [1.165, 1.54) is 82.2 Å². The first kappa shape index (κ1) is 90.1.